The number of aromatic nitrogens is 1. The highest BCUT2D eigenvalue weighted by atomic mass is 35.5. The second kappa shape index (κ2) is 7.73. The molecule has 1 fully saturated rings. The number of hydrogen-bond acceptors (Lipinski definition) is 4. The highest BCUT2D eigenvalue weighted by molar-refractivity contribution is 6.29. The van der Waals surface area contributed by atoms with Crippen molar-refractivity contribution in [2.45, 2.75) is 32.3 Å². The predicted molar refractivity (Wildman–Crippen MR) is 80.6 cm³/mol. The average molecular weight is 313 g/mol. The molecule has 1 N–H and O–H groups in total. The molecular formula is C15H21ClN2O3. The van der Waals surface area contributed by atoms with Crippen LogP contribution in [0.5, 0.6) is 0 Å². The van der Waals surface area contributed by atoms with Crippen LogP contribution in [0.2, 0.25) is 5.15 Å². The Morgan fingerprint density at radius 1 is 1.48 bits per heavy atom. The number of carbonyl (C=O) groups excluding carboxylic acids is 1. The topological polar surface area (TPSA) is 62.7 Å². The molecule has 0 bridgehead atoms. The number of amides is 1. The van der Waals surface area contributed by atoms with E-state index in [9.17, 15) is 4.79 Å². The van der Waals surface area contributed by atoms with Crippen LogP contribution >= 0.6 is 11.6 Å². The Hall–Kier alpha value is -1.17. The molecule has 1 aliphatic rings. The fourth-order valence-electron chi connectivity index (χ4n) is 2.47. The molecule has 116 valence electrons. The number of rotatable bonds is 5. The van der Waals surface area contributed by atoms with Gasteiger partial charge in [0.1, 0.15) is 5.15 Å². The normalized spacial score (nSPS) is 16.2. The first-order valence-electron chi connectivity index (χ1n) is 7.26. The van der Waals surface area contributed by atoms with Gasteiger partial charge in [0, 0.05) is 26.3 Å². The van der Waals surface area contributed by atoms with Crippen LogP contribution in [0, 0.1) is 6.92 Å². The summed E-state index contributed by atoms with van der Waals surface area (Å²) in [5.74, 6) is 0.00507. The quantitative estimate of drug-likeness (QED) is 0.667. The van der Waals surface area contributed by atoms with Crippen LogP contribution < -0.4 is 0 Å². The van der Waals surface area contributed by atoms with Crippen molar-refractivity contribution in [3.05, 3.63) is 28.5 Å². The molecule has 1 saturated heterocycles. The third-order valence-electron chi connectivity index (χ3n) is 3.67. The van der Waals surface area contributed by atoms with E-state index in [4.69, 9.17) is 21.4 Å². The Morgan fingerprint density at radius 2 is 2.19 bits per heavy atom. The Bertz CT molecular complexity index is 488. The van der Waals surface area contributed by atoms with Crippen LogP contribution in [0.4, 0.5) is 0 Å². The molecule has 0 aliphatic carbocycles. The molecule has 2 rings (SSSR count). The highest BCUT2D eigenvalue weighted by Gasteiger charge is 2.25. The molecule has 0 radical (unpaired) electrons. The van der Waals surface area contributed by atoms with Gasteiger partial charge in [0.2, 0.25) is 0 Å². The van der Waals surface area contributed by atoms with Gasteiger partial charge < -0.3 is 14.7 Å². The van der Waals surface area contributed by atoms with E-state index in [1.54, 1.807) is 19.1 Å². The fraction of sp³-hybridized carbons (Fsp3) is 0.600. The lowest BCUT2D eigenvalue weighted by Gasteiger charge is -2.32. The van der Waals surface area contributed by atoms with Crippen molar-refractivity contribution in [3.8, 4) is 0 Å². The Morgan fingerprint density at radius 3 is 2.81 bits per heavy atom. The molecule has 5 nitrogen and oxygen atoms in total. The minimum Gasteiger partial charge on any atom is -0.396 e. The summed E-state index contributed by atoms with van der Waals surface area (Å²) in [5, 5.41) is 9.14. The average Bonchev–Trinajstić information content (AvgIpc) is 2.48. The summed E-state index contributed by atoms with van der Waals surface area (Å²) >= 11 is 5.82. The molecule has 1 amide bonds. The number of carbonyl (C=O) groups is 1. The molecule has 1 aromatic rings. The van der Waals surface area contributed by atoms with Gasteiger partial charge in [-0.25, -0.2) is 4.98 Å². The molecule has 1 aromatic heterocycles. The summed E-state index contributed by atoms with van der Waals surface area (Å²) in [6, 6.07) is 3.38. The van der Waals surface area contributed by atoms with Gasteiger partial charge >= 0.3 is 0 Å². The van der Waals surface area contributed by atoms with E-state index in [1.165, 1.54) is 0 Å². The number of hydrogen-bond donors (Lipinski definition) is 1. The van der Waals surface area contributed by atoms with E-state index in [0.717, 1.165) is 12.8 Å². The van der Waals surface area contributed by atoms with Crippen LogP contribution in [-0.4, -0.2) is 53.3 Å². The van der Waals surface area contributed by atoms with Crippen molar-refractivity contribution < 1.29 is 14.6 Å². The maximum absolute atomic E-state index is 12.5. The number of pyridine rings is 1. The summed E-state index contributed by atoms with van der Waals surface area (Å²) in [6.07, 6.45) is 2.51. The zero-order valence-corrected chi connectivity index (χ0v) is 13.0. The van der Waals surface area contributed by atoms with Gasteiger partial charge in [0.15, 0.2) is 0 Å². The zero-order chi connectivity index (χ0) is 15.2. The van der Waals surface area contributed by atoms with Gasteiger partial charge in [-0.15, -0.1) is 0 Å². The number of piperidine rings is 1. The van der Waals surface area contributed by atoms with E-state index in [1.807, 2.05) is 4.90 Å². The second-order valence-electron chi connectivity index (χ2n) is 5.21. The van der Waals surface area contributed by atoms with Crippen molar-refractivity contribution in [2.24, 2.45) is 0 Å². The number of ether oxygens (including phenoxy) is 1. The third-order valence-corrected chi connectivity index (χ3v) is 3.88. The maximum Gasteiger partial charge on any atom is 0.255 e. The Balaban J connectivity index is 1.88. The predicted octanol–water partition coefficient (Wildman–Crippen LogP) is 2.05. The van der Waals surface area contributed by atoms with Gasteiger partial charge in [0.05, 0.1) is 17.4 Å². The summed E-state index contributed by atoms with van der Waals surface area (Å²) < 4.78 is 5.67. The molecule has 1 aliphatic heterocycles. The summed E-state index contributed by atoms with van der Waals surface area (Å²) in [4.78, 5) is 18.4. The molecule has 6 heteroatoms. The standard InChI is InChI=1S/C15H21ClN2O3/c1-11-13(3-4-14(16)17-11)15(20)18-7-5-12(6-8-18)21-10-2-9-19/h3-4,12,19H,2,5-10H2,1H3. The molecule has 0 unspecified atom stereocenters. The van der Waals surface area contributed by atoms with Gasteiger partial charge in [-0.05, 0) is 38.3 Å². The van der Waals surface area contributed by atoms with Crippen LogP contribution in [0.3, 0.4) is 0 Å². The molecular weight excluding hydrogens is 292 g/mol. The van der Waals surface area contributed by atoms with E-state index >= 15 is 0 Å². The molecule has 2 heterocycles. The summed E-state index contributed by atoms with van der Waals surface area (Å²) in [7, 11) is 0. The maximum atomic E-state index is 12.5. The number of aryl methyl sites for hydroxylation is 1. The van der Waals surface area contributed by atoms with Crippen LogP contribution in [0.15, 0.2) is 12.1 Å². The number of halogens is 1. The first-order chi connectivity index (χ1) is 10.1. The zero-order valence-electron chi connectivity index (χ0n) is 12.2. The summed E-state index contributed by atoms with van der Waals surface area (Å²) in [5.41, 5.74) is 1.27. The van der Waals surface area contributed by atoms with E-state index < -0.39 is 0 Å². The third kappa shape index (κ3) is 4.40. The SMILES string of the molecule is Cc1nc(Cl)ccc1C(=O)N1CCC(OCCCO)CC1. The minimum absolute atomic E-state index is 0.00507. The first kappa shape index (κ1) is 16.2. The lowest BCUT2D eigenvalue weighted by atomic mass is 10.1. The lowest BCUT2D eigenvalue weighted by molar-refractivity contribution is 0.00395. The van der Waals surface area contributed by atoms with E-state index in [0.29, 0.717) is 42.5 Å². The monoisotopic (exact) mass is 312 g/mol. The summed E-state index contributed by atoms with van der Waals surface area (Å²) in [6.45, 7) is 3.90. The van der Waals surface area contributed by atoms with Crippen LogP contribution in [0.25, 0.3) is 0 Å². The van der Waals surface area contributed by atoms with Crippen LogP contribution in [-0.2, 0) is 4.74 Å². The fourth-order valence-corrected chi connectivity index (χ4v) is 2.66. The Labute approximate surface area is 129 Å². The molecule has 0 atom stereocenters. The molecule has 21 heavy (non-hydrogen) atoms. The van der Waals surface area contributed by atoms with Gasteiger partial charge in [-0.1, -0.05) is 11.6 Å². The van der Waals surface area contributed by atoms with Gasteiger partial charge in [-0.2, -0.15) is 0 Å². The van der Waals surface area contributed by atoms with Crippen molar-refractivity contribution in [3.63, 3.8) is 0 Å². The smallest absolute Gasteiger partial charge is 0.255 e. The largest absolute Gasteiger partial charge is 0.396 e. The number of likely N-dealkylation sites (tertiary alicyclic amines) is 1. The van der Waals surface area contributed by atoms with Crippen molar-refractivity contribution >= 4 is 17.5 Å². The Kier molecular flexibility index (Phi) is 5.96. The number of nitrogens with zero attached hydrogens (tertiary/aromatic N) is 2. The minimum atomic E-state index is 0.00507. The first-order valence-corrected chi connectivity index (χ1v) is 7.64. The van der Waals surface area contributed by atoms with Crippen molar-refractivity contribution in [2.75, 3.05) is 26.3 Å². The van der Waals surface area contributed by atoms with Crippen LogP contribution in [0.1, 0.15) is 35.3 Å². The van der Waals surface area contributed by atoms with Crippen molar-refractivity contribution in [1.29, 1.82) is 0 Å². The second-order valence-corrected chi connectivity index (χ2v) is 5.59. The molecule has 0 spiro atoms. The van der Waals surface area contributed by atoms with E-state index in [2.05, 4.69) is 4.98 Å². The van der Waals surface area contributed by atoms with Gasteiger partial charge in [0.25, 0.3) is 5.91 Å². The molecule has 0 aromatic carbocycles. The molecule has 0 saturated carbocycles. The highest BCUT2D eigenvalue weighted by Crippen LogP contribution is 2.18. The lowest BCUT2D eigenvalue weighted by Crippen LogP contribution is -2.41. The number of aliphatic hydroxyl groups excluding tert-OH is 1. The van der Waals surface area contributed by atoms with Crippen molar-refractivity contribution in [1.82, 2.24) is 9.88 Å². The van der Waals surface area contributed by atoms with E-state index in [-0.39, 0.29) is 18.6 Å². The van der Waals surface area contributed by atoms with Gasteiger partial charge in [-0.3, -0.25) is 4.79 Å². The number of aliphatic hydroxyl groups is 1.